The van der Waals surface area contributed by atoms with Gasteiger partial charge in [-0.1, -0.05) is 12.1 Å². The van der Waals surface area contributed by atoms with E-state index in [0.717, 1.165) is 0 Å². The van der Waals surface area contributed by atoms with Crippen LogP contribution in [-0.2, 0) is 9.53 Å². The molecule has 84 valence electrons. The van der Waals surface area contributed by atoms with Crippen LogP contribution in [0.2, 0.25) is 0 Å². The fourth-order valence-electron chi connectivity index (χ4n) is 1.10. The number of rotatable bonds is 2. The summed E-state index contributed by atoms with van der Waals surface area (Å²) in [4.78, 5) is 20.3. The van der Waals surface area contributed by atoms with E-state index in [4.69, 9.17) is 4.42 Å². The Labute approximate surface area is 92.5 Å². The third-order valence-electron chi connectivity index (χ3n) is 1.80. The highest BCUT2D eigenvalue weighted by Gasteiger charge is 1.95. The van der Waals surface area contributed by atoms with Gasteiger partial charge in [0.2, 0.25) is 0 Å². The number of carbonyl (C=O) groups is 1. The summed E-state index contributed by atoms with van der Waals surface area (Å²) in [5.41, 5.74) is 0.645. The lowest BCUT2D eigenvalue weighted by atomic mass is 10.2. The van der Waals surface area contributed by atoms with Crippen molar-refractivity contribution in [1.82, 2.24) is 0 Å². The predicted molar refractivity (Wildman–Crippen MR) is 60.2 cm³/mol. The van der Waals surface area contributed by atoms with Gasteiger partial charge in [0.15, 0.2) is 5.43 Å². The molecule has 0 saturated heterocycles. The van der Waals surface area contributed by atoms with Crippen molar-refractivity contribution in [1.29, 1.82) is 0 Å². The van der Waals surface area contributed by atoms with Crippen LogP contribution < -0.4 is 5.43 Å². The van der Waals surface area contributed by atoms with Crippen LogP contribution in [0.25, 0.3) is 11.0 Å². The van der Waals surface area contributed by atoms with E-state index >= 15 is 0 Å². The highest BCUT2D eigenvalue weighted by atomic mass is 16.5. The summed E-state index contributed by atoms with van der Waals surface area (Å²) in [6.45, 7) is 2.66. The second kappa shape index (κ2) is 6.40. The van der Waals surface area contributed by atoms with Crippen molar-refractivity contribution in [3.8, 4) is 0 Å². The molecule has 0 spiro atoms. The van der Waals surface area contributed by atoms with Gasteiger partial charge in [0.25, 0.3) is 6.47 Å². The SMILES string of the molecule is CCOC=O.O=c1ccoc2ccccc12. The van der Waals surface area contributed by atoms with Crippen LogP contribution >= 0.6 is 0 Å². The van der Waals surface area contributed by atoms with E-state index in [9.17, 15) is 9.59 Å². The molecular weight excluding hydrogens is 208 g/mol. The molecule has 0 N–H and O–H groups in total. The van der Waals surface area contributed by atoms with Crippen molar-refractivity contribution < 1.29 is 13.9 Å². The third-order valence-corrected chi connectivity index (χ3v) is 1.80. The molecule has 1 aromatic heterocycles. The second-order valence-corrected chi connectivity index (χ2v) is 2.83. The molecule has 0 aliphatic heterocycles. The van der Waals surface area contributed by atoms with Crippen molar-refractivity contribution in [2.24, 2.45) is 0 Å². The Bertz CT molecular complexity index is 496. The molecule has 0 aliphatic carbocycles. The smallest absolute Gasteiger partial charge is 0.293 e. The van der Waals surface area contributed by atoms with E-state index in [1.165, 1.54) is 12.3 Å². The Morgan fingerprint density at radius 3 is 2.62 bits per heavy atom. The van der Waals surface area contributed by atoms with Crippen LogP contribution in [0, 0.1) is 0 Å². The molecule has 0 fully saturated rings. The Kier molecular flexibility index (Phi) is 4.79. The molecule has 16 heavy (non-hydrogen) atoms. The van der Waals surface area contributed by atoms with Crippen molar-refractivity contribution in [3.05, 3.63) is 46.8 Å². The summed E-state index contributed by atoms with van der Waals surface area (Å²) < 4.78 is 9.25. The molecule has 0 bridgehead atoms. The number of hydrogen-bond acceptors (Lipinski definition) is 4. The van der Waals surface area contributed by atoms with Crippen LogP contribution in [0.5, 0.6) is 0 Å². The molecule has 0 aliphatic rings. The molecular formula is C12H12O4. The molecule has 0 unspecified atom stereocenters. The maximum atomic E-state index is 11.1. The number of carbonyl (C=O) groups excluding carboxylic acids is 1. The Morgan fingerprint density at radius 2 is 2.06 bits per heavy atom. The van der Waals surface area contributed by atoms with Crippen molar-refractivity contribution in [3.63, 3.8) is 0 Å². The number of benzene rings is 1. The molecule has 0 amide bonds. The molecule has 4 heteroatoms. The average Bonchev–Trinajstić information content (AvgIpc) is 2.32. The predicted octanol–water partition coefficient (Wildman–Crippen LogP) is 1.97. The van der Waals surface area contributed by atoms with Crippen molar-refractivity contribution in [2.45, 2.75) is 6.92 Å². The Morgan fingerprint density at radius 1 is 1.31 bits per heavy atom. The largest absolute Gasteiger partial charge is 0.468 e. The maximum Gasteiger partial charge on any atom is 0.293 e. The Hall–Kier alpha value is -2.10. The second-order valence-electron chi connectivity index (χ2n) is 2.83. The molecule has 0 atom stereocenters. The number of para-hydroxylation sites is 1. The highest BCUT2D eigenvalue weighted by molar-refractivity contribution is 5.75. The first-order valence-electron chi connectivity index (χ1n) is 4.81. The van der Waals surface area contributed by atoms with E-state index in [1.807, 2.05) is 12.1 Å². The van der Waals surface area contributed by atoms with E-state index in [0.29, 0.717) is 24.0 Å². The fraction of sp³-hybridized carbons (Fsp3) is 0.167. The standard InChI is InChI=1S/C9H6O2.C3H6O2/c10-8-5-6-11-9-4-2-1-3-7(8)9;1-2-5-3-4/h1-6H;3H,2H2,1H3. The first-order chi connectivity index (χ1) is 7.79. The zero-order valence-corrected chi connectivity index (χ0v) is 8.88. The van der Waals surface area contributed by atoms with E-state index in [1.54, 1.807) is 19.1 Å². The third kappa shape index (κ3) is 3.24. The minimum absolute atomic E-state index is 0.00634. The van der Waals surface area contributed by atoms with Gasteiger partial charge in [-0.15, -0.1) is 0 Å². The minimum Gasteiger partial charge on any atom is -0.468 e. The number of ether oxygens (including phenoxy) is 1. The van der Waals surface area contributed by atoms with Gasteiger partial charge in [-0.2, -0.15) is 0 Å². The zero-order valence-electron chi connectivity index (χ0n) is 8.88. The molecule has 2 aromatic rings. The minimum atomic E-state index is 0.00634. The summed E-state index contributed by atoms with van der Waals surface area (Å²) >= 11 is 0. The van der Waals surface area contributed by atoms with Gasteiger partial charge in [0.1, 0.15) is 5.58 Å². The first-order valence-corrected chi connectivity index (χ1v) is 4.81. The highest BCUT2D eigenvalue weighted by Crippen LogP contribution is 2.06. The topological polar surface area (TPSA) is 56.5 Å². The van der Waals surface area contributed by atoms with Crippen LogP contribution in [0.3, 0.4) is 0 Å². The van der Waals surface area contributed by atoms with Gasteiger partial charge in [0, 0.05) is 6.07 Å². The van der Waals surface area contributed by atoms with E-state index in [2.05, 4.69) is 4.74 Å². The molecule has 2 rings (SSSR count). The van der Waals surface area contributed by atoms with E-state index < -0.39 is 0 Å². The van der Waals surface area contributed by atoms with Gasteiger partial charge in [-0.3, -0.25) is 9.59 Å². The molecule has 0 saturated carbocycles. The lowest BCUT2D eigenvalue weighted by Crippen LogP contribution is -1.96. The monoisotopic (exact) mass is 220 g/mol. The van der Waals surface area contributed by atoms with E-state index in [-0.39, 0.29) is 5.43 Å². The van der Waals surface area contributed by atoms with Crippen LogP contribution in [0.1, 0.15) is 6.92 Å². The van der Waals surface area contributed by atoms with Crippen molar-refractivity contribution >= 4 is 17.4 Å². The van der Waals surface area contributed by atoms with Gasteiger partial charge in [0.05, 0.1) is 18.3 Å². The summed E-state index contributed by atoms with van der Waals surface area (Å²) in [5, 5.41) is 0.634. The lowest BCUT2D eigenvalue weighted by Gasteiger charge is -1.91. The van der Waals surface area contributed by atoms with Crippen LogP contribution in [-0.4, -0.2) is 13.1 Å². The molecule has 0 radical (unpaired) electrons. The Balaban J connectivity index is 0.000000221. The maximum absolute atomic E-state index is 11.1. The lowest BCUT2D eigenvalue weighted by molar-refractivity contribution is -0.128. The average molecular weight is 220 g/mol. The number of fused-ring (bicyclic) bond motifs is 1. The van der Waals surface area contributed by atoms with Gasteiger partial charge >= 0.3 is 0 Å². The van der Waals surface area contributed by atoms with Gasteiger partial charge in [-0.25, -0.2) is 0 Å². The quantitative estimate of drug-likeness (QED) is 0.726. The normalized spacial score (nSPS) is 9.06. The summed E-state index contributed by atoms with van der Waals surface area (Å²) in [5.74, 6) is 0. The summed E-state index contributed by atoms with van der Waals surface area (Å²) in [6, 6.07) is 8.60. The van der Waals surface area contributed by atoms with Crippen LogP contribution in [0.15, 0.2) is 45.8 Å². The van der Waals surface area contributed by atoms with Crippen LogP contribution in [0.4, 0.5) is 0 Å². The van der Waals surface area contributed by atoms with Gasteiger partial charge in [-0.05, 0) is 19.1 Å². The number of hydrogen-bond donors (Lipinski definition) is 0. The van der Waals surface area contributed by atoms with Crippen molar-refractivity contribution in [2.75, 3.05) is 6.61 Å². The first kappa shape index (κ1) is 12.0. The van der Waals surface area contributed by atoms with Gasteiger partial charge < -0.3 is 9.15 Å². The zero-order chi connectivity index (χ0) is 11.8. The molecule has 4 nitrogen and oxygen atoms in total. The fourth-order valence-corrected chi connectivity index (χ4v) is 1.10. The molecule has 1 heterocycles. The molecule has 1 aromatic carbocycles. The summed E-state index contributed by atoms with van der Waals surface area (Å²) in [6.07, 6.45) is 1.41. The summed E-state index contributed by atoms with van der Waals surface area (Å²) in [7, 11) is 0.